The van der Waals surface area contributed by atoms with Gasteiger partial charge in [0, 0.05) is 0 Å². The van der Waals surface area contributed by atoms with Crippen molar-refractivity contribution in [1.29, 1.82) is 0 Å². The van der Waals surface area contributed by atoms with Crippen molar-refractivity contribution >= 4 is 0 Å². The second kappa shape index (κ2) is 8.94. The molecule has 0 bridgehead atoms. The van der Waals surface area contributed by atoms with E-state index in [1.165, 1.54) is 5.56 Å². The minimum atomic E-state index is 0.418. The summed E-state index contributed by atoms with van der Waals surface area (Å²) < 4.78 is 5.61. The van der Waals surface area contributed by atoms with Gasteiger partial charge in [-0.15, -0.1) is 0 Å². The van der Waals surface area contributed by atoms with Crippen LogP contribution in [0.15, 0.2) is 24.3 Å². The van der Waals surface area contributed by atoms with Gasteiger partial charge in [0.1, 0.15) is 5.75 Å². The molecule has 19 heavy (non-hydrogen) atoms. The molecule has 0 aliphatic rings. The summed E-state index contributed by atoms with van der Waals surface area (Å²) in [6.45, 7) is 6.45. The topological polar surface area (TPSA) is 61.3 Å². The predicted molar refractivity (Wildman–Crippen MR) is 81.5 cm³/mol. The Bertz CT molecular complexity index is 333. The van der Waals surface area contributed by atoms with E-state index in [9.17, 15) is 0 Å². The number of rotatable bonds is 9. The van der Waals surface area contributed by atoms with Crippen molar-refractivity contribution in [3.8, 4) is 5.75 Å². The lowest BCUT2D eigenvalue weighted by molar-refractivity contribution is 0.317. The van der Waals surface area contributed by atoms with Crippen molar-refractivity contribution in [2.24, 2.45) is 17.4 Å². The summed E-state index contributed by atoms with van der Waals surface area (Å²) in [5, 5.41) is 0. The maximum absolute atomic E-state index is 5.74. The van der Waals surface area contributed by atoms with Crippen LogP contribution in [0.25, 0.3) is 0 Å². The summed E-state index contributed by atoms with van der Waals surface area (Å²) in [5.41, 5.74) is 12.8. The highest BCUT2D eigenvalue weighted by Crippen LogP contribution is 2.28. The van der Waals surface area contributed by atoms with Crippen LogP contribution in [0, 0.1) is 5.92 Å². The molecule has 0 saturated heterocycles. The molecule has 0 saturated carbocycles. The molecule has 0 fully saturated rings. The Morgan fingerprint density at radius 3 is 2.16 bits per heavy atom. The number of hydrogen-bond donors (Lipinski definition) is 2. The first-order chi connectivity index (χ1) is 9.24. The van der Waals surface area contributed by atoms with Crippen molar-refractivity contribution in [2.45, 2.75) is 39.0 Å². The van der Waals surface area contributed by atoms with Crippen molar-refractivity contribution < 1.29 is 4.74 Å². The molecule has 4 N–H and O–H groups in total. The molecule has 1 aromatic carbocycles. The third-order valence-electron chi connectivity index (χ3n) is 3.60. The summed E-state index contributed by atoms with van der Waals surface area (Å²) in [7, 11) is 0. The fourth-order valence-electron chi connectivity index (χ4n) is 2.29. The second-order valence-corrected chi connectivity index (χ2v) is 5.10. The fraction of sp³-hybridized carbons (Fsp3) is 0.625. The third kappa shape index (κ3) is 5.21. The Morgan fingerprint density at radius 1 is 1.05 bits per heavy atom. The van der Waals surface area contributed by atoms with E-state index in [0.29, 0.717) is 24.9 Å². The summed E-state index contributed by atoms with van der Waals surface area (Å²) in [4.78, 5) is 0. The third-order valence-corrected chi connectivity index (χ3v) is 3.60. The molecule has 0 spiro atoms. The lowest BCUT2D eigenvalue weighted by atomic mass is 9.87. The van der Waals surface area contributed by atoms with Crippen LogP contribution >= 0.6 is 0 Å². The molecule has 1 unspecified atom stereocenters. The van der Waals surface area contributed by atoms with E-state index in [1.54, 1.807) is 0 Å². The number of nitrogens with two attached hydrogens (primary N) is 2. The lowest BCUT2D eigenvalue weighted by Gasteiger charge is -2.21. The molecule has 1 atom stereocenters. The van der Waals surface area contributed by atoms with Gasteiger partial charge in [-0.3, -0.25) is 0 Å². The smallest absolute Gasteiger partial charge is 0.119 e. The maximum Gasteiger partial charge on any atom is 0.119 e. The van der Waals surface area contributed by atoms with E-state index in [2.05, 4.69) is 38.1 Å². The van der Waals surface area contributed by atoms with Gasteiger partial charge in [0.25, 0.3) is 0 Å². The van der Waals surface area contributed by atoms with Crippen molar-refractivity contribution in [3.63, 3.8) is 0 Å². The molecular weight excluding hydrogens is 236 g/mol. The Kier molecular flexibility index (Phi) is 7.53. The summed E-state index contributed by atoms with van der Waals surface area (Å²) in [6, 6.07) is 8.47. The van der Waals surface area contributed by atoms with Gasteiger partial charge in [-0.25, -0.2) is 0 Å². The molecule has 0 radical (unpaired) electrons. The summed E-state index contributed by atoms with van der Waals surface area (Å²) >= 11 is 0. The van der Waals surface area contributed by atoms with Gasteiger partial charge in [0.15, 0.2) is 0 Å². The zero-order valence-corrected chi connectivity index (χ0v) is 12.3. The van der Waals surface area contributed by atoms with Gasteiger partial charge in [-0.05, 0) is 61.9 Å². The van der Waals surface area contributed by atoms with Crippen molar-refractivity contribution in [1.82, 2.24) is 0 Å². The summed E-state index contributed by atoms with van der Waals surface area (Å²) in [6.07, 6.45) is 3.22. The highest BCUT2D eigenvalue weighted by Gasteiger charge is 2.15. The normalized spacial score (nSPS) is 12.7. The van der Waals surface area contributed by atoms with E-state index < -0.39 is 0 Å². The van der Waals surface area contributed by atoms with E-state index in [0.717, 1.165) is 31.6 Å². The van der Waals surface area contributed by atoms with Gasteiger partial charge < -0.3 is 16.2 Å². The highest BCUT2D eigenvalue weighted by molar-refractivity contribution is 5.29. The molecule has 0 heterocycles. The lowest BCUT2D eigenvalue weighted by Crippen LogP contribution is -2.25. The molecule has 0 amide bonds. The first-order valence-electron chi connectivity index (χ1n) is 7.37. The van der Waals surface area contributed by atoms with E-state index in [4.69, 9.17) is 16.2 Å². The first-order valence-corrected chi connectivity index (χ1v) is 7.37. The zero-order valence-electron chi connectivity index (χ0n) is 12.3. The zero-order chi connectivity index (χ0) is 14.1. The minimum Gasteiger partial charge on any atom is -0.494 e. The number of ether oxygens (including phenoxy) is 1. The molecule has 0 aromatic heterocycles. The average molecular weight is 264 g/mol. The molecule has 0 aliphatic heterocycles. The monoisotopic (exact) mass is 264 g/mol. The van der Waals surface area contributed by atoms with Crippen LogP contribution in [0.1, 0.15) is 44.6 Å². The van der Waals surface area contributed by atoms with Crippen LogP contribution in [0.4, 0.5) is 0 Å². The van der Waals surface area contributed by atoms with Gasteiger partial charge in [0.2, 0.25) is 0 Å². The molecule has 108 valence electrons. The second-order valence-electron chi connectivity index (χ2n) is 5.10. The average Bonchev–Trinajstić information content (AvgIpc) is 2.47. The molecule has 1 rings (SSSR count). The quantitative estimate of drug-likeness (QED) is 0.721. The van der Waals surface area contributed by atoms with Gasteiger partial charge in [-0.1, -0.05) is 26.0 Å². The van der Waals surface area contributed by atoms with Crippen LogP contribution in [0.5, 0.6) is 5.75 Å². The Balaban J connectivity index is 2.65. The van der Waals surface area contributed by atoms with Crippen LogP contribution < -0.4 is 16.2 Å². The molecule has 3 heteroatoms. The molecule has 0 aliphatic carbocycles. The van der Waals surface area contributed by atoms with Crippen LogP contribution in [-0.2, 0) is 0 Å². The maximum atomic E-state index is 5.74. The van der Waals surface area contributed by atoms with Crippen LogP contribution in [-0.4, -0.2) is 19.7 Å². The van der Waals surface area contributed by atoms with E-state index in [-0.39, 0.29) is 0 Å². The first kappa shape index (κ1) is 16.0. The van der Waals surface area contributed by atoms with Gasteiger partial charge in [0.05, 0.1) is 6.61 Å². The SMILES string of the molecule is CCCOc1ccc(C(CC)CC(CN)CN)cc1. The Morgan fingerprint density at radius 2 is 1.68 bits per heavy atom. The van der Waals surface area contributed by atoms with E-state index in [1.807, 2.05) is 0 Å². The minimum absolute atomic E-state index is 0.418. The summed E-state index contributed by atoms with van der Waals surface area (Å²) in [5.74, 6) is 1.91. The van der Waals surface area contributed by atoms with Crippen LogP contribution in [0.3, 0.4) is 0 Å². The predicted octanol–water partition coefficient (Wildman–Crippen LogP) is 2.89. The Hall–Kier alpha value is -1.06. The standard InChI is InChI=1S/C16H28N2O/c1-3-9-19-16-7-5-15(6-8-16)14(4-2)10-13(11-17)12-18/h5-8,13-14H,3-4,9-12,17-18H2,1-2H3. The number of hydrogen-bond acceptors (Lipinski definition) is 3. The number of benzene rings is 1. The van der Waals surface area contributed by atoms with Crippen LogP contribution in [0.2, 0.25) is 0 Å². The van der Waals surface area contributed by atoms with E-state index >= 15 is 0 Å². The Labute approximate surface area is 117 Å². The highest BCUT2D eigenvalue weighted by atomic mass is 16.5. The van der Waals surface area contributed by atoms with Gasteiger partial charge >= 0.3 is 0 Å². The van der Waals surface area contributed by atoms with Crippen molar-refractivity contribution in [2.75, 3.05) is 19.7 Å². The molecule has 1 aromatic rings. The molecular formula is C16H28N2O. The molecule has 3 nitrogen and oxygen atoms in total. The largest absolute Gasteiger partial charge is 0.494 e. The van der Waals surface area contributed by atoms with Crippen molar-refractivity contribution in [3.05, 3.63) is 29.8 Å². The van der Waals surface area contributed by atoms with Gasteiger partial charge in [-0.2, -0.15) is 0 Å². The fourth-order valence-corrected chi connectivity index (χ4v) is 2.29.